The van der Waals surface area contributed by atoms with Crippen molar-refractivity contribution in [3.05, 3.63) is 270 Å². The van der Waals surface area contributed by atoms with Crippen molar-refractivity contribution >= 4 is 0 Å². The molecule has 7 aromatic rings. The van der Waals surface area contributed by atoms with Gasteiger partial charge in [0, 0.05) is 45.5 Å². The zero-order chi connectivity index (χ0) is 51.9. The third-order valence-electron chi connectivity index (χ3n) is 17.1. The van der Waals surface area contributed by atoms with Crippen LogP contribution in [0.5, 0.6) is 11.5 Å². The van der Waals surface area contributed by atoms with E-state index >= 15 is 0 Å². The van der Waals surface area contributed by atoms with E-state index in [9.17, 15) is 10.2 Å². The quantitative estimate of drug-likeness (QED) is 0.114. The lowest BCUT2D eigenvalue weighted by molar-refractivity contribution is 0.464. The first kappa shape index (κ1) is 51.7. The number of phenolic OH excluding ortho intramolecular Hbond substituents is 2. The molecule has 7 aromatic carbocycles. The van der Waals surface area contributed by atoms with E-state index in [1.54, 1.807) is 12.1 Å². The van der Waals surface area contributed by atoms with E-state index in [0.717, 1.165) is 23.1 Å². The predicted octanol–water partition coefficient (Wildman–Crippen LogP) is 18.3. The first-order valence-corrected chi connectivity index (χ1v) is 26.3. The maximum absolute atomic E-state index is 11.3. The van der Waals surface area contributed by atoms with Gasteiger partial charge >= 0.3 is 0 Å². The molecular formula is C70H78O2. The summed E-state index contributed by atoms with van der Waals surface area (Å²) in [7, 11) is 0. The highest BCUT2D eigenvalue weighted by Crippen LogP contribution is 2.44. The van der Waals surface area contributed by atoms with Crippen LogP contribution in [-0.2, 0) is 16.2 Å². The summed E-state index contributed by atoms with van der Waals surface area (Å²) in [5.41, 5.74) is 22.3. The number of aryl methyl sites for hydroxylation is 3. The number of rotatable bonds is 14. The first-order valence-electron chi connectivity index (χ1n) is 26.3. The van der Waals surface area contributed by atoms with Crippen molar-refractivity contribution in [3.8, 4) is 11.5 Å². The van der Waals surface area contributed by atoms with Gasteiger partial charge in [0.2, 0.25) is 0 Å². The summed E-state index contributed by atoms with van der Waals surface area (Å²) in [4.78, 5) is 0. The van der Waals surface area contributed by atoms with E-state index in [2.05, 4.69) is 230 Å². The topological polar surface area (TPSA) is 40.5 Å². The van der Waals surface area contributed by atoms with Crippen LogP contribution in [0, 0.1) is 27.7 Å². The van der Waals surface area contributed by atoms with Crippen molar-refractivity contribution in [2.75, 3.05) is 0 Å². The van der Waals surface area contributed by atoms with E-state index < -0.39 is 0 Å². The van der Waals surface area contributed by atoms with Crippen LogP contribution in [0.2, 0.25) is 0 Å². The average Bonchev–Trinajstić information content (AvgIpc) is 3.63. The van der Waals surface area contributed by atoms with E-state index in [-0.39, 0.29) is 45.7 Å². The fourth-order valence-electron chi connectivity index (χ4n) is 11.3. The highest BCUT2D eigenvalue weighted by molar-refractivity contribution is 5.55. The molecule has 2 nitrogen and oxygen atoms in total. The van der Waals surface area contributed by atoms with Gasteiger partial charge < -0.3 is 10.2 Å². The standard InChI is InChI=1S/C70H78O2/c1-44-21-28-56(29-22-44)68(9,10)59-32-25-46(3)63(40-59)49(6)54-19-16-20-55(39-54)50(7)65-43-61(70(13,14)57-30-23-45(2)24-31-57)42-64(51(65)8)47(4)52-17-15-18-53(27-26-52)48(5)66-41-60(35-38-67(66)72)69(11,12)58-33-36-62(71)37-34-58/h15-26,28-43,47-50,71-72H,27H2,1-14H3. The maximum atomic E-state index is 11.3. The number of hydrogen-bond acceptors (Lipinski definition) is 2. The van der Waals surface area contributed by atoms with Gasteiger partial charge in [-0.25, -0.2) is 0 Å². The fraction of sp³-hybridized carbons (Fsp3) is 0.314. The number of hydrogen-bond donors (Lipinski definition) is 2. The van der Waals surface area contributed by atoms with Gasteiger partial charge in [-0.15, -0.1) is 0 Å². The van der Waals surface area contributed by atoms with Gasteiger partial charge in [0.25, 0.3) is 0 Å². The van der Waals surface area contributed by atoms with Crippen LogP contribution in [0.3, 0.4) is 0 Å². The van der Waals surface area contributed by atoms with E-state index in [1.807, 2.05) is 24.3 Å². The molecule has 1 aliphatic carbocycles. The Balaban J connectivity index is 1.12. The number of phenols is 2. The van der Waals surface area contributed by atoms with Gasteiger partial charge in [0.1, 0.15) is 11.5 Å². The summed E-state index contributed by atoms with van der Waals surface area (Å²) in [5, 5.41) is 21.3. The van der Waals surface area contributed by atoms with Crippen LogP contribution in [0.25, 0.3) is 0 Å². The molecule has 370 valence electrons. The second kappa shape index (κ2) is 20.5. The molecule has 1 aliphatic rings. The monoisotopic (exact) mass is 951 g/mol. The van der Waals surface area contributed by atoms with Gasteiger partial charge in [0.05, 0.1) is 0 Å². The molecule has 0 heterocycles. The van der Waals surface area contributed by atoms with E-state index in [0.29, 0.717) is 5.75 Å². The zero-order valence-corrected chi connectivity index (χ0v) is 45.6. The fourth-order valence-corrected chi connectivity index (χ4v) is 11.3. The molecule has 2 N–H and O–H groups in total. The highest BCUT2D eigenvalue weighted by Gasteiger charge is 2.30. The molecule has 4 atom stereocenters. The van der Waals surface area contributed by atoms with Crippen molar-refractivity contribution in [1.82, 2.24) is 0 Å². The third kappa shape index (κ3) is 10.3. The molecule has 4 unspecified atom stereocenters. The molecule has 0 aliphatic heterocycles. The van der Waals surface area contributed by atoms with Crippen molar-refractivity contribution < 1.29 is 10.2 Å². The Morgan fingerprint density at radius 1 is 0.431 bits per heavy atom. The second-order valence-corrected chi connectivity index (χ2v) is 22.8. The molecule has 0 saturated heterocycles. The minimum Gasteiger partial charge on any atom is -0.508 e. The van der Waals surface area contributed by atoms with Crippen molar-refractivity contribution in [2.24, 2.45) is 0 Å². The number of aromatic hydroxyl groups is 2. The highest BCUT2D eigenvalue weighted by atomic mass is 16.3. The first-order chi connectivity index (χ1) is 34.1. The SMILES string of the molecule is Cc1ccc(C(C)(C)c2ccc(C)c(C(C)c3cccc(C(C)c4cc(C(C)(C)c5ccc(C)cc5)cc(C(C)C5=CCC(C(C)c6cc(C(C)(C)c7ccc(O)cc7)ccc6O)=CC=C5)c4C)c3)c2)cc1. The van der Waals surface area contributed by atoms with Crippen molar-refractivity contribution in [3.63, 3.8) is 0 Å². The van der Waals surface area contributed by atoms with Crippen LogP contribution in [0.4, 0.5) is 0 Å². The molecule has 0 amide bonds. The zero-order valence-electron chi connectivity index (χ0n) is 45.6. The number of benzene rings is 7. The molecular weight excluding hydrogens is 873 g/mol. The molecule has 2 heteroatoms. The lowest BCUT2D eigenvalue weighted by Crippen LogP contribution is -2.21. The molecule has 8 rings (SSSR count). The Morgan fingerprint density at radius 2 is 0.875 bits per heavy atom. The Hall–Kier alpha value is -6.64. The predicted molar refractivity (Wildman–Crippen MR) is 306 cm³/mol. The Labute approximate surface area is 433 Å². The van der Waals surface area contributed by atoms with Crippen molar-refractivity contribution in [1.29, 1.82) is 0 Å². The summed E-state index contributed by atoms with van der Waals surface area (Å²) < 4.78 is 0. The lowest BCUT2D eigenvalue weighted by Gasteiger charge is -2.31. The van der Waals surface area contributed by atoms with Crippen LogP contribution >= 0.6 is 0 Å². The van der Waals surface area contributed by atoms with Gasteiger partial charge in [0.15, 0.2) is 0 Å². The van der Waals surface area contributed by atoms with Crippen LogP contribution < -0.4 is 0 Å². The summed E-state index contributed by atoms with van der Waals surface area (Å²) in [6.45, 7) is 32.1. The minimum absolute atomic E-state index is 0.000744. The Kier molecular flexibility index (Phi) is 14.7. The molecule has 0 spiro atoms. The minimum atomic E-state index is -0.320. The van der Waals surface area contributed by atoms with Gasteiger partial charge in [-0.3, -0.25) is 0 Å². The summed E-state index contributed by atoms with van der Waals surface area (Å²) in [6.07, 6.45) is 9.98. The Morgan fingerprint density at radius 3 is 1.43 bits per heavy atom. The summed E-state index contributed by atoms with van der Waals surface area (Å²) in [5.74, 6) is 1.08. The van der Waals surface area contributed by atoms with Crippen molar-refractivity contribution in [2.45, 2.75) is 143 Å². The molecule has 0 aromatic heterocycles. The third-order valence-corrected chi connectivity index (χ3v) is 17.1. The summed E-state index contributed by atoms with van der Waals surface area (Å²) >= 11 is 0. The van der Waals surface area contributed by atoms with E-state index in [1.165, 1.54) is 83.5 Å². The van der Waals surface area contributed by atoms with Gasteiger partial charge in [-0.1, -0.05) is 238 Å². The van der Waals surface area contributed by atoms with Gasteiger partial charge in [-0.2, -0.15) is 0 Å². The molecule has 0 saturated carbocycles. The summed E-state index contributed by atoms with van der Waals surface area (Å²) in [6, 6.07) is 53.1. The molecule has 0 bridgehead atoms. The smallest absolute Gasteiger partial charge is 0.119 e. The molecule has 0 fully saturated rings. The lowest BCUT2D eigenvalue weighted by atomic mass is 9.73. The Bertz CT molecular complexity index is 3170. The number of allylic oxidation sites excluding steroid dienone is 6. The van der Waals surface area contributed by atoms with E-state index in [4.69, 9.17) is 0 Å². The average molecular weight is 951 g/mol. The van der Waals surface area contributed by atoms with Crippen LogP contribution in [0.1, 0.15) is 188 Å². The second-order valence-electron chi connectivity index (χ2n) is 22.8. The normalized spacial score (nSPS) is 15.0. The maximum Gasteiger partial charge on any atom is 0.119 e. The van der Waals surface area contributed by atoms with Gasteiger partial charge in [-0.05, 0) is 130 Å². The van der Waals surface area contributed by atoms with Crippen LogP contribution in [0.15, 0.2) is 181 Å². The molecule has 0 radical (unpaired) electrons. The molecule has 72 heavy (non-hydrogen) atoms. The largest absolute Gasteiger partial charge is 0.508 e. The van der Waals surface area contributed by atoms with Crippen LogP contribution in [-0.4, -0.2) is 10.2 Å².